The smallest absolute Gasteiger partial charge is 0.128 e. The van der Waals surface area contributed by atoms with Gasteiger partial charge in [0.25, 0.3) is 0 Å². The van der Waals surface area contributed by atoms with E-state index in [1.807, 2.05) is 36.5 Å². The van der Waals surface area contributed by atoms with E-state index in [0.29, 0.717) is 16.8 Å². The van der Waals surface area contributed by atoms with Crippen LogP contribution in [0.4, 0.5) is 0 Å². The third-order valence-corrected chi connectivity index (χ3v) is 13.8. The number of rotatable bonds is 4. The quantitative estimate of drug-likeness (QED) is 0.100. The van der Waals surface area contributed by atoms with Gasteiger partial charge >= 0.3 is 0 Å². The minimum absolute atomic E-state index is 0. The molecule has 5 heteroatoms. The largest absolute Gasteiger partial charge is 0.500 e. The molecule has 0 unspecified atom stereocenters. The van der Waals surface area contributed by atoms with Crippen LogP contribution in [0.5, 0.6) is 0 Å². The molecule has 0 amide bonds. The van der Waals surface area contributed by atoms with Crippen molar-refractivity contribution in [3.8, 4) is 22.5 Å². The van der Waals surface area contributed by atoms with E-state index < -0.39 is 26.7 Å². The van der Waals surface area contributed by atoms with Crippen molar-refractivity contribution in [3.05, 3.63) is 138 Å². The first-order valence-corrected chi connectivity index (χ1v) is 22.7. The van der Waals surface area contributed by atoms with E-state index >= 15 is 0 Å². The zero-order valence-corrected chi connectivity index (χ0v) is 37.3. The summed E-state index contributed by atoms with van der Waals surface area (Å²) in [6.45, 7) is 19.2. The third-order valence-electron chi connectivity index (χ3n) is 11.7. The SMILES string of the molecule is C[Si](C)(C)c1ccnc(-c2[c-]cccc2)c1.[2H]C([2H])([2H])c1cnc(-c2[c-]ccc3c2oc2c3cc3c4c2ccc2cccc(c24)C(C)(C)C3(C)C)cc1C([2H])([2H])C(C)(C)C.[Ir]. The van der Waals surface area contributed by atoms with Crippen molar-refractivity contribution < 1.29 is 31.4 Å². The zero-order chi connectivity index (χ0) is 43.4. The maximum Gasteiger partial charge on any atom is 0.128 e. The number of aryl methyl sites for hydroxylation is 1. The summed E-state index contributed by atoms with van der Waals surface area (Å²) in [7, 11) is -1.25. The predicted molar refractivity (Wildman–Crippen MR) is 236 cm³/mol. The van der Waals surface area contributed by atoms with Crippen LogP contribution in [-0.4, -0.2) is 18.0 Å². The molecule has 0 spiro atoms. The second-order valence-electron chi connectivity index (χ2n) is 18.1. The topological polar surface area (TPSA) is 38.9 Å². The van der Waals surface area contributed by atoms with Crippen LogP contribution in [0.1, 0.15) is 77.6 Å². The first-order chi connectivity index (χ1) is 27.9. The normalized spacial score (nSPS) is 16.4. The summed E-state index contributed by atoms with van der Waals surface area (Å²) in [5.74, 6) is 0. The summed E-state index contributed by atoms with van der Waals surface area (Å²) in [5.41, 5.74) is 5.99. The van der Waals surface area contributed by atoms with Gasteiger partial charge in [0, 0.05) is 50.1 Å². The Morgan fingerprint density at radius 1 is 0.750 bits per heavy atom. The second kappa shape index (κ2) is 14.2. The molecular weight excluding hydrogens is 877 g/mol. The number of hydrogen-bond donors (Lipinski definition) is 0. The molecule has 0 N–H and O–H groups in total. The van der Waals surface area contributed by atoms with Crippen molar-refractivity contribution in [2.75, 3.05) is 0 Å². The van der Waals surface area contributed by atoms with E-state index in [0.717, 1.165) is 33.0 Å². The molecule has 1 aliphatic rings. The van der Waals surface area contributed by atoms with E-state index in [-0.39, 0.29) is 42.1 Å². The Morgan fingerprint density at radius 3 is 2.25 bits per heavy atom. The molecule has 9 rings (SSSR count). The molecule has 8 aromatic rings. The molecule has 287 valence electrons. The van der Waals surface area contributed by atoms with Crippen LogP contribution in [0.3, 0.4) is 0 Å². The average molecular weight is 934 g/mol. The third kappa shape index (κ3) is 6.76. The molecule has 0 atom stereocenters. The van der Waals surface area contributed by atoms with E-state index in [9.17, 15) is 0 Å². The maximum atomic E-state index is 8.98. The Kier molecular flexibility index (Phi) is 8.55. The standard InChI is InChI=1S/C37H36NO.C14H16NSi.Ir/c1-21-20-38-30(17-23(21)19-35(2,3)4)25-13-10-12-24-27-18-29-32-26(34(27)39-33(24)25)16-15-22-11-9-14-28(31(22)32)36(5,6)37(29,7)8;1-16(2,3)13-9-10-15-14(11-13)12-7-5-4-6-8-12;/h9-12,14-18,20H,19H2,1-8H3;4-7,9-11H,1-3H3;/q2*-1;/i1D3,19D2;;. The van der Waals surface area contributed by atoms with E-state index in [1.54, 1.807) is 26.8 Å². The Labute approximate surface area is 354 Å². The van der Waals surface area contributed by atoms with Crippen molar-refractivity contribution in [1.29, 1.82) is 0 Å². The molecule has 0 aliphatic heterocycles. The molecular formula is C51H52IrN2OSi-2. The molecule has 3 aromatic heterocycles. The second-order valence-corrected chi connectivity index (χ2v) is 23.2. The molecule has 0 saturated heterocycles. The molecule has 56 heavy (non-hydrogen) atoms. The molecule has 5 aromatic carbocycles. The minimum Gasteiger partial charge on any atom is -0.500 e. The molecule has 1 aliphatic carbocycles. The van der Waals surface area contributed by atoms with Crippen molar-refractivity contribution in [3.63, 3.8) is 0 Å². The number of furan rings is 1. The van der Waals surface area contributed by atoms with Gasteiger partial charge in [-0.2, -0.15) is 0 Å². The van der Waals surface area contributed by atoms with Gasteiger partial charge in [-0.25, -0.2) is 0 Å². The van der Waals surface area contributed by atoms with Crippen LogP contribution in [-0.2, 0) is 37.3 Å². The van der Waals surface area contributed by atoms with Crippen LogP contribution in [0.15, 0.2) is 108 Å². The predicted octanol–water partition coefficient (Wildman–Crippen LogP) is 13.3. The maximum absolute atomic E-state index is 8.98. The number of fused-ring (bicyclic) bond motifs is 4. The number of benzene rings is 5. The summed E-state index contributed by atoms with van der Waals surface area (Å²) in [5, 5.41) is 8.12. The van der Waals surface area contributed by atoms with Gasteiger partial charge in [-0.15, -0.1) is 54.1 Å². The summed E-state index contributed by atoms with van der Waals surface area (Å²) in [6.07, 6.45) is 1.27. The fourth-order valence-corrected chi connectivity index (χ4v) is 9.21. The molecule has 0 bridgehead atoms. The Bertz CT molecular complexity index is 2980. The molecule has 1 radical (unpaired) electrons. The van der Waals surface area contributed by atoms with Crippen LogP contribution < -0.4 is 5.19 Å². The Balaban J connectivity index is 0.000000278. The summed E-state index contributed by atoms with van der Waals surface area (Å²) < 4.78 is 49.1. The molecule has 3 heterocycles. The van der Waals surface area contributed by atoms with Gasteiger partial charge in [0.1, 0.15) is 5.58 Å². The van der Waals surface area contributed by atoms with Gasteiger partial charge in [0.05, 0.1) is 13.7 Å². The van der Waals surface area contributed by atoms with Gasteiger partial charge in [0.2, 0.25) is 0 Å². The fraction of sp³-hybridized carbons (Fsp3) is 0.294. The molecule has 0 fully saturated rings. The van der Waals surface area contributed by atoms with Crippen LogP contribution in [0.25, 0.3) is 66.0 Å². The minimum atomic E-state index is -2.52. The van der Waals surface area contributed by atoms with Crippen LogP contribution in [0.2, 0.25) is 19.6 Å². The van der Waals surface area contributed by atoms with E-state index in [4.69, 9.17) is 11.3 Å². The summed E-state index contributed by atoms with van der Waals surface area (Å²) in [4.78, 5) is 8.98. The number of aromatic nitrogens is 2. The van der Waals surface area contributed by atoms with Gasteiger partial charge in [-0.3, -0.25) is 0 Å². The van der Waals surface area contributed by atoms with Gasteiger partial charge in [-0.05, 0) is 85.8 Å². The van der Waals surface area contributed by atoms with Crippen molar-refractivity contribution in [2.24, 2.45) is 5.41 Å². The number of hydrogen-bond acceptors (Lipinski definition) is 3. The number of nitrogens with zero attached hydrogens (tertiary/aromatic N) is 2. The van der Waals surface area contributed by atoms with Crippen LogP contribution >= 0.6 is 0 Å². The summed E-state index contributed by atoms with van der Waals surface area (Å²) in [6, 6.07) is 37.5. The zero-order valence-electron chi connectivity index (χ0n) is 39.0. The Morgan fingerprint density at radius 2 is 1.54 bits per heavy atom. The van der Waals surface area contributed by atoms with Gasteiger partial charge in [-0.1, -0.05) is 132 Å². The average Bonchev–Trinajstić information content (AvgIpc) is 3.58. The van der Waals surface area contributed by atoms with E-state index in [2.05, 4.69) is 124 Å². The fourth-order valence-electron chi connectivity index (χ4n) is 8.06. The summed E-state index contributed by atoms with van der Waals surface area (Å²) >= 11 is 0. The van der Waals surface area contributed by atoms with E-state index in [1.165, 1.54) is 38.7 Å². The molecule has 0 saturated carbocycles. The first-order valence-electron chi connectivity index (χ1n) is 21.7. The van der Waals surface area contributed by atoms with Crippen molar-refractivity contribution >= 4 is 56.7 Å². The van der Waals surface area contributed by atoms with Crippen molar-refractivity contribution in [2.45, 2.75) is 92.2 Å². The Hall–Kier alpha value is -4.41. The van der Waals surface area contributed by atoms with Gasteiger partial charge < -0.3 is 14.4 Å². The number of pyridine rings is 2. The van der Waals surface area contributed by atoms with Crippen LogP contribution in [0, 0.1) is 24.4 Å². The van der Waals surface area contributed by atoms with Gasteiger partial charge in [0.15, 0.2) is 0 Å². The van der Waals surface area contributed by atoms with Crippen molar-refractivity contribution in [1.82, 2.24) is 9.97 Å². The monoisotopic (exact) mass is 934 g/mol. The first kappa shape index (κ1) is 33.7. The molecule has 3 nitrogen and oxygen atoms in total.